The highest BCUT2D eigenvalue weighted by atomic mass is 35.5. The summed E-state index contributed by atoms with van der Waals surface area (Å²) in [6.07, 6.45) is -1.66. The van der Waals surface area contributed by atoms with Crippen LogP contribution in [0.25, 0.3) is 0 Å². The van der Waals surface area contributed by atoms with E-state index < -0.39 is 35.8 Å². The molecule has 2 heterocycles. The van der Waals surface area contributed by atoms with E-state index in [1.807, 2.05) is 12.1 Å². The first-order chi connectivity index (χ1) is 19.7. The van der Waals surface area contributed by atoms with E-state index in [4.69, 9.17) is 25.8 Å². The summed E-state index contributed by atoms with van der Waals surface area (Å²) in [6, 6.07) is 15.7. The Morgan fingerprint density at radius 1 is 1.02 bits per heavy atom. The number of rotatable bonds is 9. The summed E-state index contributed by atoms with van der Waals surface area (Å²) in [5.74, 6) is -3.84. The molecule has 0 unspecified atom stereocenters. The van der Waals surface area contributed by atoms with E-state index in [1.54, 1.807) is 50.2 Å². The number of hydrogen-bond acceptors (Lipinski definition) is 9. The number of dihydropyridines is 1. The van der Waals surface area contributed by atoms with Crippen LogP contribution in [0.4, 0.5) is 0 Å². The van der Waals surface area contributed by atoms with E-state index in [2.05, 4.69) is 5.32 Å². The van der Waals surface area contributed by atoms with Crippen LogP contribution >= 0.6 is 11.6 Å². The van der Waals surface area contributed by atoms with Gasteiger partial charge in [-0.25, -0.2) is 9.59 Å². The van der Waals surface area contributed by atoms with Crippen molar-refractivity contribution in [2.75, 3.05) is 20.3 Å². The summed E-state index contributed by atoms with van der Waals surface area (Å²) in [5, 5.41) is 12.6. The molecule has 2 amide bonds. The van der Waals surface area contributed by atoms with Gasteiger partial charge in [-0.05, 0) is 31.0 Å². The van der Waals surface area contributed by atoms with Crippen LogP contribution in [-0.4, -0.2) is 55.1 Å². The van der Waals surface area contributed by atoms with Gasteiger partial charge in [0.25, 0.3) is 5.91 Å². The molecule has 41 heavy (non-hydrogen) atoms. The van der Waals surface area contributed by atoms with Crippen LogP contribution in [0.5, 0.6) is 0 Å². The number of esters is 2. The van der Waals surface area contributed by atoms with E-state index >= 15 is 0 Å². The van der Waals surface area contributed by atoms with Gasteiger partial charge in [0.05, 0.1) is 47.2 Å². The number of nitrogens with zero attached hydrogens (tertiary/aromatic N) is 2. The molecule has 0 aliphatic carbocycles. The number of ether oxygens (including phenoxy) is 3. The van der Waals surface area contributed by atoms with Gasteiger partial charge in [-0.1, -0.05) is 54.1 Å². The standard InChI is InChI=1S/C30H28ClN3O7/c1-17-24(29(37)40-13-12-39-3)26(21-11-7-10-20(15-32)27(21)31)25(18(2)33-17)30(38)41-22-14-23(35)34(28(22)36)16-19-8-5-4-6-9-19/h4-11,22,26,33H,12-14,16H2,1-3H3/t22-,26+/m0/s1. The zero-order valence-corrected chi connectivity index (χ0v) is 23.5. The molecule has 0 spiro atoms. The topological polar surface area (TPSA) is 135 Å². The van der Waals surface area contributed by atoms with Gasteiger partial charge in [-0.2, -0.15) is 5.26 Å². The van der Waals surface area contributed by atoms with Gasteiger partial charge in [-0.3, -0.25) is 14.5 Å². The lowest BCUT2D eigenvalue weighted by molar-refractivity contribution is -0.153. The second kappa shape index (κ2) is 12.8. The molecule has 10 nitrogen and oxygen atoms in total. The molecule has 2 aromatic carbocycles. The molecule has 0 radical (unpaired) electrons. The molecule has 2 atom stereocenters. The van der Waals surface area contributed by atoms with Crippen LogP contribution in [0.2, 0.25) is 5.02 Å². The second-order valence-electron chi connectivity index (χ2n) is 9.49. The number of carbonyl (C=O) groups is 4. The van der Waals surface area contributed by atoms with Gasteiger partial charge in [0.1, 0.15) is 12.7 Å². The number of hydrogen-bond donors (Lipinski definition) is 1. The highest BCUT2D eigenvalue weighted by Gasteiger charge is 2.44. The molecule has 0 aromatic heterocycles. The fourth-order valence-electron chi connectivity index (χ4n) is 4.87. The summed E-state index contributed by atoms with van der Waals surface area (Å²) in [5.41, 5.74) is 2.03. The van der Waals surface area contributed by atoms with Gasteiger partial charge in [0, 0.05) is 18.5 Å². The normalized spacial score (nSPS) is 18.8. The fourth-order valence-corrected chi connectivity index (χ4v) is 5.15. The van der Waals surface area contributed by atoms with Crippen LogP contribution in [0, 0.1) is 11.3 Å². The first kappa shape index (κ1) is 29.5. The minimum atomic E-state index is -1.34. The maximum Gasteiger partial charge on any atom is 0.337 e. The number of allylic oxidation sites excluding steroid dienone is 2. The van der Waals surface area contributed by atoms with Gasteiger partial charge < -0.3 is 19.5 Å². The van der Waals surface area contributed by atoms with Crippen molar-refractivity contribution in [1.29, 1.82) is 5.26 Å². The van der Waals surface area contributed by atoms with Crippen molar-refractivity contribution in [3.05, 3.63) is 92.8 Å². The average Bonchev–Trinajstić information content (AvgIpc) is 3.20. The van der Waals surface area contributed by atoms with Crippen molar-refractivity contribution in [1.82, 2.24) is 10.2 Å². The Balaban J connectivity index is 1.68. The second-order valence-corrected chi connectivity index (χ2v) is 9.86. The predicted molar refractivity (Wildman–Crippen MR) is 147 cm³/mol. The third-order valence-electron chi connectivity index (χ3n) is 6.82. The number of methoxy groups -OCH3 is 1. The van der Waals surface area contributed by atoms with Crippen LogP contribution in [0.15, 0.2) is 71.1 Å². The number of imide groups is 1. The molecule has 4 rings (SSSR count). The van der Waals surface area contributed by atoms with Crippen molar-refractivity contribution in [3.63, 3.8) is 0 Å². The molecule has 0 bridgehead atoms. The Hall–Kier alpha value is -4.46. The maximum absolute atomic E-state index is 13.8. The number of halogens is 1. The molecular weight excluding hydrogens is 550 g/mol. The molecule has 1 fully saturated rings. The van der Waals surface area contributed by atoms with Crippen LogP contribution < -0.4 is 5.32 Å². The van der Waals surface area contributed by atoms with E-state index in [0.717, 1.165) is 10.5 Å². The first-order valence-electron chi connectivity index (χ1n) is 12.8. The van der Waals surface area contributed by atoms with Crippen molar-refractivity contribution in [3.8, 4) is 6.07 Å². The Morgan fingerprint density at radius 2 is 1.71 bits per heavy atom. The maximum atomic E-state index is 13.8. The highest BCUT2D eigenvalue weighted by molar-refractivity contribution is 6.32. The molecule has 1 saturated heterocycles. The number of benzene rings is 2. The van der Waals surface area contributed by atoms with Crippen molar-refractivity contribution in [2.24, 2.45) is 0 Å². The Morgan fingerprint density at radius 3 is 2.37 bits per heavy atom. The van der Waals surface area contributed by atoms with Gasteiger partial charge in [-0.15, -0.1) is 0 Å². The number of amides is 2. The Kier molecular flexibility index (Phi) is 9.22. The van der Waals surface area contributed by atoms with Gasteiger partial charge in [0.15, 0.2) is 6.10 Å². The molecule has 2 aromatic rings. The van der Waals surface area contributed by atoms with E-state index in [0.29, 0.717) is 17.0 Å². The van der Waals surface area contributed by atoms with Crippen LogP contribution in [-0.2, 0) is 39.9 Å². The summed E-state index contributed by atoms with van der Waals surface area (Å²) in [7, 11) is 1.47. The molecule has 212 valence electrons. The molecule has 1 N–H and O–H groups in total. The lowest BCUT2D eigenvalue weighted by Gasteiger charge is -2.31. The van der Waals surface area contributed by atoms with Crippen molar-refractivity contribution >= 4 is 35.4 Å². The van der Waals surface area contributed by atoms with Crippen LogP contribution in [0.3, 0.4) is 0 Å². The van der Waals surface area contributed by atoms with E-state index in [-0.39, 0.29) is 47.9 Å². The highest BCUT2D eigenvalue weighted by Crippen LogP contribution is 2.43. The van der Waals surface area contributed by atoms with E-state index in [1.165, 1.54) is 13.2 Å². The Labute approximate surface area is 242 Å². The quantitative estimate of drug-likeness (QED) is 0.270. The predicted octanol–water partition coefficient (Wildman–Crippen LogP) is 3.51. The number of carbonyl (C=O) groups excluding carboxylic acids is 4. The van der Waals surface area contributed by atoms with Gasteiger partial charge in [0.2, 0.25) is 5.91 Å². The van der Waals surface area contributed by atoms with E-state index in [9.17, 15) is 24.4 Å². The molecule has 0 saturated carbocycles. The summed E-state index contributed by atoms with van der Waals surface area (Å²) in [6.45, 7) is 3.43. The number of likely N-dealkylation sites (tertiary alicyclic amines) is 1. The summed E-state index contributed by atoms with van der Waals surface area (Å²) < 4.78 is 16.0. The molecular formula is C30H28ClN3O7. The first-order valence-corrected chi connectivity index (χ1v) is 13.2. The largest absolute Gasteiger partial charge is 0.460 e. The number of nitrogens with one attached hydrogen (secondary N) is 1. The third kappa shape index (κ3) is 6.16. The summed E-state index contributed by atoms with van der Waals surface area (Å²) in [4.78, 5) is 53.9. The third-order valence-corrected chi connectivity index (χ3v) is 7.24. The monoisotopic (exact) mass is 577 g/mol. The minimum Gasteiger partial charge on any atom is -0.460 e. The SMILES string of the molecule is COCCOC(=O)C1=C(C)NC(C)=C(C(=O)O[C@H]2CC(=O)N(Cc3ccccc3)C2=O)[C@@H]1c1cccc(C#N)c1Cl. The van der Waals surface area contributed by atoms with Crippen molar-refractivity contribution < 1.29 is 33.4 Å². The Bertz CT molecular complexity index is 1490. The minimum absolute atomic E-state index is 0.00644. The lowest BCUT2D eigenvalue weighted by atomic mass is 9.80. The number of nitriles is 1. The zero-order valence-electron chi connectivity index (χ0n) is 22.7. The molecule has 2 aliphatic heterocycles. The average molecular weight is 578 g/mol. The van der Waals surface area contributed by atoms with Crippen molar-refractivity contribution in [2.45, 2.75) is 38.8 Å². The summed E-state index contributed by atoms with van der Waals surface area (Å²) >= 11 is 6.60. The molecule has 11 heteroatoms. The smallest absolute Gasteiger partial charge is 0.337 e. The van der Waals surface area contributed by atoms with Gasteiger partial charge >= 0.3 is 11.9 Å². The molecule has 2 aliphatic rings. The van der Waals surface area contributed by atoms with Crippen LogP contribution in [0.1, 0.15) is 42.9 Å². The zero-order chi connectivity index (χ0) is 29.7. The fraction of sp³-hybridized carbons (Fsp3) is 0.300. The lowest BCUT2D eigenvalue weighted by Crippen LogP contribution is -2.36.